The Hall–Kier alpha value is -0.870. The maximum Gasteiger partial charge on any atom is 0.330 e. The molecule has 0 spiro atoms. The highest BCUT2D eigenvalue weighted by atomic mass is 16.5. The number of hydrogen-bond donors (Lipinski definition) is 0. The van der Waals surface area contributed by atoms with Gasteiger partial charge in [-0.05, 0) is 26.2 Å². The lowest BCUT2D eigenvalue weighted by molar-refractivity contribution is -0.137. The van der Waals surface area contributed by atoms with Crippen LogP contribution >= 0.6 is 0 Å². The van der Waals surface area contributed by atoms with Gasteiger partial charge in [-0.2, -0.15) is 0 Å². The van der Waals surface area contributed by atoms with E-state index >= 15 is 0 Å². The van der Waals surface area contributed by atoms with Crippen molar-refractivity contribution in [3.05, 3.63) is 12.2 Å². The van der Waals surface area contributed by atoms with Gasteiger partial charge >= 0.3 is 5.97 Å². The molecular weight excluding hydrogens is 208 g/mol. The van der Waals surface area contributed by atoms with Crippen LogP contribution < -0.4 is 0 Å². The van der Waals surface area contributed by atoms with E-state index < -0.39 is 0 Å². The van der Waals surface area contributed by atoms with Crippen LogP contribution in [0.3, 0.4) is 0 Å². The zero-order valence-corrected chi connectivity index (χ0v) is 9.81. The van der Waals surface area contributed by atoms with E-state index in [0.717, 1.165) is 19.4 Å². The number of carbonyl (C=O) groups excluding carboxylic acids is 1. The van der Waals surface area contributed by atoms with Crippen molar-refractivity contribution in [2.24, 2.45) is 0 Å². The lowest BCUT2D eigenvalue weighted by atomic mass is 10.1. The van der Waals surface area contributed by atoms with Gasteiger partial charge in [-0.3, -0.25) is 0 Å². The first kappa shape index (κ1) is 13.2. The molecular formula is C12H20O4. The van der Waals surface area contributed by atoms with Gasteiger partial charge in [0.15, 0.2) is 0 Å². The average molecular weight is 228 g/mol. The summed E-state index contributed by atoms with van der Waals surface area (Å²) in [6, 6.07) is 0. The van der Waals surface area contributed by atoms with E-state index in [1.807, 2.05) is 0 Å². The highest BCUT2D eigenvalue weighted by Crippen LogP contribution is 2.12. The first-order chi connectivity index (χ1) is 7.83. The van der Waals surface area contributed by atoms with Crippen molar-refractivity contribution in [1.82, 2.24) is 0 Å². The predicted molar refractivity (Wildman–Crippen MR) is 60.2 cm³/mol. The molecule has 1 heterocycles. The Morgan fingerprint density at radius 1 is 1.50 bits per heavy atom. The van der Waals surface area contributed by atoms with Gasteiger partial charge in [-0.25, -0.2) is 4.79 Å². The Bertz CT molecular complexity index is 219. The normalized spacial score (nSPS) is 21.2. The van der Waals surface area contributed by atoms with Crippen LogP contribution in [0.5, 0.6) is 0 Å². The number of esters is 1. The maximum atomic E-state index is 10.9. The summed E-state index contributed by atoms with van der Waals surface area (Å²) in [7, 11) is 0. The molecule has 0 aromatic carbocycles. The van der Waals surface area contributed by atoms with Crippen LogP contribution in [0.15, 0.2) is 12.2 Å². The highest BCUT2D eigenvalue weighted by molar-refractivity contribution is 5.81. The van der Waals surface area contributed by atoms with Gasteiger partial charge in [-0.15, -0.1) is 0 Å². The van der Waals surface area contributed by atoms with E-state index in [1.165, 1.54) is 12.5 Å². The smallest absolute Gasteiger partial charge is 0.330 e. The average Bonchev–Trinajstić information content (AvgIpc) is 2.30. The van der Waals surface area contributed by atoms with Crippen LogP contribution in [0.1, 0.15) is 26.2 Å². The van der Waals surface area contributed by atoms with Gasteiger partial charge in [0.05, 0.1) is 25.9 Å². The lowest BCUT2D eigenvalue weighted by Gasteiger charge is -2.21. The summed E-state index contributed by atoms with van der Waals surface area (Å²) in [5, 5.41) is 0. The second-order valence-electron chi connectivity index (χ2n) is 3.68. The number of ether oxygens (including phenoxy) is 3. The third kappa shape index (κ3) is 5.88. The van der Waals surface area contributed by atoms with Gasteiger partial charge in [0, 0.05) is 12.7 Å². The number of carbonyl (C=O) groups is 1. The van der Waals surface area contributed by atoms with Crippen molar-refractivity contribution < 1.29 is 19.0 Å². The van der Waals surface area contributed by atoms with E-state index in [-0.39, 0.29) is 12.1 Å². The largest absolute Gasteiger partial charge is 0.463 e. The molecule has 0 bridgehead atoms. The molecule has 1 saturated heterocycles. The second kappa shape index (κ2) is 8.30. The van der Waals surface area contributed by atoms with Crippen LogP contribution in [0.4, 0.5) is 0 Å². The van der Waals surface area contributed by atoms with Crippen LogP contribution in [0.25, 0.3) is 0 Å². The van der Waals surface area contributed by atoms with E-state index in [4.69, 9.17) is 14.2 Å². The molecule has 0 radical (unpaired) electrons. The van der Waals surface area contributed by atoms with Gasteiger partial charge in [0.25, 0.3) is 0 Å². The fraction of sp³-hybridized carbons (Fsp3) is 0.750. The molecule has 1 rings (SSSR count). The van der Waals surface area contributed by atoms with E-state index in [1.54, 1.807) is 13.0 Å². The van der Waals surface area contributed by atoms with E-state index in [2.05, 4.69) is 0 Å². The summed E-state index contributed by atoms with van der Waals surface area (Å²) in [5.74, 6) is -0.319. The van der Waals surface area contributed by atoms with Crippen molar-refractivity contribution in [3.63, 3.8) is 0 Å². The summed E-state index contributed by atoms with van der Waals surface area (Å²) in [5.41, 5.74) is 0. The monoisotopic (exact) mass is 228 g/mol. The molecule has 1 unspecified atom stereocenters. The number of rotatable bonds is 6. The fourth-order valence-electron chi connectivity index (χ4n) is 1.54. The highest BCUT2D eigenvalue weighted by Gasteiger charge is 2.12. The molecule has 0 aromatic rings. The summed E-state index contributed by atoms with van der Waals surface area (Å²) < 4.78 is 15.6. The molecule has 16 heavy (non-hydrogen) atoms. The number of hydrogen-bond acceptors (Lipinski definition) is 4. The Balaban J connectivity index is 2.00. The molecule has 0 aliphatic carbocycles. The minimum absolute atomic E-state index is 0.227. The van der Waals surface area contributed by atoms with Crippen molar-refractivity contribution in [2.75, 3.05) is 26.4 Å². The lowest BCUT2D eigenvalue weighted by Crippen LogP contribution is -2.24. The molecule has 0 amide bonds. The zero-order valence-electron chi connectivity index (χ0n) is 9.81. The first-order valence-electron chi connectivity index (χ1n) is 5.85. The Morgan fingerprint density at radius 2 is 2.38 bits per heavy atom. The minimum Gasteiger partial charge on any atom is -0.463 e. The molecule has 0 saturated carbocycles. The summed E-state index contributed by atoms with van der Waals surface area (Å²) in [6.45, 7) is 4.06. The Labute approximate surface area is 96.6 Å². The summed E-state index contributed by atoms with van der Waals surface area (Å²) in [4.78, 5) is 10.9. The predicted octanol–water partition coefficient (Wildman–Crippen LogP) is 1.69. The molecule has 4 heteroatoms. The quantitative estimate of drug-likeness (QED) is 0.394. The maximum absolute atomic E-state index is 10.9. The van der Waals surface area contributed by atoms with Gasteiger partial charge in [-0.1, -0.05) is 6.08 Å². The standard InChI is InChI=1S/C12H20O4/c1-2-15-12(13)7-5-8-14-10-11-6-3-4-9-16-11/h5,7,11H,2-4,6,8-10H2,1H3/b7-5+. The van der Waals surface area contributed by atoms with Crippen LogP contribution in [0.2, 0.25) is 0 Å². The van der Waals surface area contributed by atoms with E-state index in [9.17, 15) is 4.79 Å². The van der Waals surface area contributed by atoms with Crippen LogP contribution in [-0.2, 0) is 19.0 Å². The molecule has 4 nitrogen and oxygen atoms in total. The van der Waals surface area contributed by atoms with Gasteiger partial charge < -0.3 is 14.2 Å². The Morgan fingerprint density at radius 3 is 3.06 bits per heavy atom. The molecule has 1 fully saturated rings. The van der Waals surface area contributed by atoms with Crippen molar-refractivity contribution >= 4 is 5.97 Å². The minimum atomic E-state index is -0.319. The van der Waals surface area contributed by atoms with E-state index in [0.29, 0.717) is 19.8 Å². The second-order valence-corrected chi connectivity index (χ2v) is 3.68. The van der Waals surface area contributed by atoms with Gasteiger partial charge in [0.2, 0.25) is 0 Å². The first-order valence-corrected chi connectivity index (χ1v) is 5.85. The summed E-state index contributed by atoms with van der Waals surface area (Å²) in [6.07, 6.45) is 6.73. The third-order valence-electron chi connectivity index (χ3n) is 2.33. The third-order valence-corrected chi connectivity index (χ3v) is 2.33. The molecule has 1 aliphatic heterocycles. The molecule has 1 aliphatic rings. The topological polar surface area (TPSA) is 44.8 Å². The molecule has 0 aromatic heterocycles. The summed E-state index contributed by atoms with van der Waals surface area (Å²) >= 11 is 0. The van der Waals surface area contributed by atoms with Gasteiger partial charge in [0.1, 0.15) is 0 Å². The van der Waals surface area contributed by atoms with Crippen LogP contribution in [0, 0.1) is 0 Å². The van der Waals surface area contributed by atoms with Crippen molar-refractivity contribution in [3.8, 4) is 0 Å². The van der Waals surface area contributed by atoms with Crippen molar-refractivity contribution in [2.45, 2.75) is 32.3 Å². The van der Waals surface area contributed by atoms with Crippen LogP contribution in [-0.4, -0.2) is 38.5 Å². The fourth-order valence-corrected chi connectivity index (χ4v) is 1.54. The SMILES string of the molecule is CCOC(=O)/C=C/COCC1CCCCO1. The van der Waals surface area contributed by atoms with Crippen molar-refractivity contribution in [1.29, 1.82) is 0 Å². The zero-order chi connectivity index (χ0) is 11.6. The molecule has 1 atom stereocenters. The molecule has 0 N–H and O–H groups in total. The Kier molecular flexibility index (Phi) is 6.85. The molecule has 92 valence electrons.